The predicted octanol–water partition coefficient (Wildman–Crippen LogP) is 2.97. The number of nitrogen functional groups attached to an aromatic ring is 1. The summed E-state index contributed by atoms with van der Waals surface area (Å²) in [6, 6.07) is 17.3. The molecule has 2 aromatic rings. The number of carbonyl (C=O) groups excluding carboxylic acids is 1. The zero-order chi connectivity index (χ0) is 14.4. The summed E-state index contributed by atoms with van der Waals surface area (Å²) in [5, 5.41) is 0. The summed E-state index contributed by atoms with van der Waals surface area (Å²) < 4.78 is 0. The van der Waals surface area contributed by atoms with E-state index in [1.54, 1.807) is 24.3 Å². The highest BCUT2D eigenvalue weighted by Crippen LogP contribution is 2.09. The molecule has 0 fully saturated rings. The number of carbonyl (C=O) groups is 1. The lowest BCUT2D eigenvalue weighted by Crippen LogP contribution is -2.29. The Morgan fingerprint density at radius 3 is 2.30 bits per heavy atom. The number of hydrogen-bond acceptors (Lipinski definition) is 3. The smallest absolute Gasteiger partial charge is 0.176 e. The van der Waals surface area contributed by atoms with Crippen LogP contribution in [-0.2, 0) is 6.54 Å². The van der Waals surface area contributed by atoms with Gasteiger partial charge in [0.25, 0.3) is 0 Å². The fraction of sp³-hybridized carbons (Fsp3) is 0.235. The lowest BCUT2D eigenvalue weighted by atomic mass is 10.1. The lowest BCUT2D eigenvalue weighted by Gasteiger charge is -2.19. The van der Waals surface area contributed by atoms with Crippen LogP contribution in [0.4, 0.5) is 5.69 Å². The van der Waals surface area contributed by atoms with Gasteiger partial charge in [0.1, 0.15) is 0 Å². The maximum Gasteiger partial charge on any atom is 0.176 e. The highest BCUT2D eigenvalue weighted by atomic mass is 16.1. The Balaban J connectivity index is 1.99. The number of nitrogens with zero attached hydrogens (tertiary/aromatic N) is 1. The van der Waals surface area contributed by atoms with Crippen molar-refractivity contribution in [3.8, 4) is 0 Å². The van der Waals surface area contributed by atoms with Crippen molar-refractivity contribution >= 4 is 11.5 Å². The third kappa shape index (κ3) is 3.93. The highest BCUT2D eigenvalue weighted by molar-refractivity contribution is 5.97. The van der Waals surface area contributed by atoms with Crippen LogP contribution < -0.4 is 5.73 Å². The SMILES string of the molecule is CCN(CC(=O)c1ccc(N)cc1)Cc1ccccc1. The summed E-state index contributed by atoms with van der Waals surface area (Å²) in [6.45, 7) is 4.13. The standard InChI is InChI=1S/C17H20N2O/c1-2-19(12-14-6-4-3-5-7-14)13-17(20)15-8-10-16(18)11-9-15/h3-11H,2,12-13,18H2,1H3. The van der Waals surface area contributed by atoms with Crippen LogP contribution in [0.5, 0.6) is 0 Å². The van der Waals surface area contributed by atoms with Gasteiger partial charge in [0.05, 0.1) is 6.54 Å². The molecule has 0 radical (unpaired) electrons. The second-order valence-electron chi connectivity index (χ2n) is 4.83. The maximum atomic E-state index is 12.2. The minimum Gasteiger partial charge on any atom is -0.399 e. The fourth-order valence-electron chi connectivity index (χ4n) is 2.08. The van der Waals surface area contributed by atoms with Crippen LogP contribution in [-0.4, -0.2) is 23.8 Å². The summed E-state index contributed by atoms with van der Waals surface area (Å²) in [5.41, 5.74) is 8.25. The fourth-order valence-corrected chi connectivity index (χ4v) is 2.08. The Labute approximate surface area is 120 Å². The van der Waals surface area contributed by atoms with Crippen molar-refractivity contribution in [3.05, 3.63) is 65.7 Å². The molecule has 0 spiro atoms. The zero-order valence-electron chi connectivity index (χ0n) is 11.8. The molecule has 2 N–H and O–H groups in total. The first-order valence-electron chi connectivity index (χ1n) is 6.84. The Kier molecular flexibility index (Phi) is 4.91. The number of nitrogens with two attached hydrogens (primary N) is 1. The van der Waals surface area contributed by atoms with Crippen molar-refractivity contribution in [2.75, 3.05) is 18.8 Å². The Hall–Kier alpha value is -2.13. The number of Topliss-reactive ketones (excluding diaryl/α,β-unsaturated/α-hetero) is 1. The number of hydrogen-bond donors (Lipinski definition) is 1. The molecule has 0 aliphatic carbocycles. The first-order chi connectivity index (χ1) is 9.69. The molecule has 0 unspecified atom stereocenters. The molecule has 0 saturated heterocycles. The minimum atomic E-state index is 0.128. The van der Waals surface area contributed by atoms with Crippen LogP contribution in [0.2, 0.25) is 0 Å². The van der Waals surface area contributed by atoms with Crippen molar-refractivity contribution in [1.29, 1.82) is 0 Å². The number of anilines is 1. The van der Waals surface area contributed by atoms with E-state index in [-0.39, 0.29) is 5.78 Å². The molecule has 3 nitrogen and oxygen atoms in total. The van der Waals surface area contributed by atoms with Crippen molar-refractivity contribution in [2.45, 2.75) is 13.5 Å². The number of rotatable bonds is 6. The van der Waals surface area contributed by atoms with Crippen molar-refractivity contribution < 1.29 is 4.79 Å². The Morgan fingerprint density at radius 1 is 1.05 bits per heavy atom. The van der Waals surface area contributed by atoms with Gasteiger partial charge in [0, 0.05) is 17.8 Å². The monoisotopic (exact) mass is 268 g/mol. The maximum absolute atomic E-state index is 12.2. The number of likely N-dealkylation sites (N-methyl/N-ethyl adjacent to an activating group) is 1. The van der Waals surface area contributed by atoms with E-state index in [4.69, 9.17) is 5.73 Å². The quantitative estimate of drug-likeness (QED) is 0.647. The molecule has 0 aromatic heterocycles. The van der Waals surface area contributed by atoms with E-state index in [1.807, 2.05) is 18.2 Å². The summed E-state index contributed by atoms with van der Waals surface area (Å²) in [7, 11) is 0. The lowest BCUT2D eigenvalue weighted by molar-refractivity contribution is 0.0929. The van der Waals surface area contributed by atoms with Crippen molar-refractivity contribution in [3.63, 3.8) is 0 Å². The summed E-state index contributed by atoms with van der Waals surface area (Å²) in [4.78, 5) is 14.4. The summed E-state index contributed by atoms with van der Waals surface area (Å²) in [6.07, 6.45) is 0. The molecular weight excluding hydrogens is 248 g/mol. The van der Waals surface area contributed by atoms with E-state index in [1.165, 1.54) is 5.56 Å². The molecule has 104 valence electrons. The first kappa shape index (κ1) is 14.3. The van der Waals surface area contributed by atoms with Crippen LogP contribution in [0.3, 0.4) is 0 Å². The molecule has 0 aliphatic rings. The van der Waals surface area contributed by atoms with E-state index in [0.717, 1.165) is 13.1 Å². The molecule has 20 heavy (non-hydrogen) atoms. The van der Waals surface area contributed by atoms with Gasteiger partial charge < -0.3 is 5.73 Å². The van der Waals surface area contributed by atoms with Crippen molar-refractivity contribution in [1.82, 2.24) is 4.90 Å². The number of benzene rings is 2. The second kappa shape index (κ2) is 6.87. The third-order valence-electron chi connectivity index (χ3n) is 3.30. The zero-order valence-corrected chi connectivity index (χ0v) is 11.8. The van der Waals surface area contributed by atoms with Gasteiger partial charge in [-0.3, -0.25) is 9.69 Å². The molecule has 0 amide bonds. The molecule has 0 bridgehead atoms. The average molecular weight is 268 g/mol. The largest absolute Gasteiger partial charge is 0.399 e. The van der Waals surface area contributed by atoms with Crippen LogP contribution in [0, 0.1) is 0 Å². The molecule has 0 heterocycles. The predicted molar refractivity (Wildman–Crippen MR) is 82.6 cm³/mol. The van der Waals surface area contributed by atoms with Crippen molar-refractivity contribution in [2.24, 2.45) is 0 Å². The molecular formula is C17H20N2O. The third-order valence-corrected chi connectivity index (χ3v) is 3.30. The van der Waals surface area contributed by atoms with E-state index in [2.05, 4.69) is 24.0 Å². The van der Waals surface area contributed by atoms with E-state index in [9.17, 15) is 4.79 Å². The molecule has 3 heteroatoms. The van der Waals surface area contributed by atoms with Gasteiger partial charge >= 0.3 is 0 Å². The first-order valence-corrected chi connectivity index (χ1v) is 6.84. The van der Waals surface area contributed by atoms with Gasteiger partial charge in [-0.25, -0.2) is 0 Å². The van der Waals surface area contributed by atoms with Crippen LogP contribution in [0.1, 0.15) is 22.8 Å². The minimum absolute atomic E-state index is 0.128. The molecule has 0 atom stereocenters. The van der Waals surface area contributed by atoms with Crippen LogP contribution >= 0.6 is 0 Å². The number of ketones is 1. The van der Waals surface area contributed by atoms with E-state index in [0.29, 0.717) is 17.8 Å². The van der Waals surface area contributed by atoms with Crippen LogP contribution in [0.25, 0.3) is 0 Å². The van der Waals surface area contributed by atoms with E-state index < -0.39 is 0 Å². The van der Waals surface area contributed by atoms with E-state index >= 15 is 0 Å². The van der Waals surface area contributed by atoms with Crippen LogP contribution in [0.15, 0.2) is 54.6 Å². The van der Waals surface area contributed by atoms with Gasteiger partial charge in [-0.1, -0.05) is 37.3 Å². The molecule has 2 rings (SSSR count). The van der Waals surface area contributed by atoms with Gasteiger partial charge in [-0.15, -0.1) is 0 Å². The summed E-state index contributed by atoms with van der Waals surface area (Å²) >= 11 is 0. The van der Waals surface area contributed by atoms with Gasteiger partial charge in [-0.05, 0) is 36.4 Å². The Bertz CT molecular complexity index is 549. The molecule has 2 aromatic carbocycles. The Morgan fingerprint density at radius 2 is 1.70 bits per heavy atom. The molecule has 0 aliphatic heterocycles. The highest BCUT2D eigenvalue weighted by Gasteiger charge is 2.11. The second-order valence-corrected chi connectivity index (χ2v) is 4.83. The summed E-state index contributed by atoms with van der Waals surface area (Å²) in [5.74, 6) is 0.128. The van der Waals surface area contributed by atoms with Gasteiger partial charge in [0.15, 0.2) is 5.78 Å². The average Bonchev–Trinajstić information content (AvgIpc) is 2.48. The normalized spacial score (nSPS) is 10.7. The topological polar surface area (TPSA) is 46.3 Å². The molecule has 0 saturated carbocycles. The van der Waals surface area contributed by atoms with Gasteiger partial charge in [0.2, 0.25) is 0 Å². The van der Waals surface area contributed by atoms with Gasteiger partial charge in [-0.2, -0.15) is 0 Å².